The zero-order valence-electron chi connectivity index (χ0n) is 15.1. The Bertz CT molecular complexity index is 372. The zero-order valence-corrected chi connectivity index (χ0v) is 15.1. The van der Waals surface area contributed by atoms with Crippen molar-refractivity contribution in [2.45, 2.75) is 84.6 Å². The molecule has 0 spiro atoms. The Morgan fingerprint density at radius 1 is 1.00 bits per heavy atom. The molecule has 0 saturated heterocycles. The van der Waals surface area contributed by atoms with Crippen LogP contribution in [0.25, 0.3) is 0 Å². The van der Waals surface area contributed by atoms with E-state index in [4.69, 9.17) is 0 Å². The first-order valence-electron chi connectivity index (χ1n) is 9.08. The quantitative estimate of drug-likeness (QED) is 0.385. The van der Waals surface area contributed by atoms with E-state index in [0.717, 1.165) is 32.2 Å². The highest BCUT2D eigenvalue weighted by atomic mass is 16.2. The van der Waals surface area contributed by atoms with Gasteiger partial charge in [-0.1, -0.05) is 44.1 Å². The molecule has 0 radical (unpaired) electrons. The predicted octanol–water partition coefficient (Wildman–Crippen LogP) is 5.50. The van der Waals surface area contributed by atoms with Gasteiger partial charge in [0.1, 0.15) is 0 Å². The van der Waals surface area contributed by atoms with Gasteiger partial charge in [0.2, 0.25) is 5.91 Å². The number of carbonyl (C=O) groups is 1. The topological polar surface area (TPSA) is 20.3 Å². The fourth-order valence-corrected chi connectivity index (χ4v) is 2.48. The van der Waals surface area contributed by atoms with Crippen LogP contribution in [0.4, 0.5) is 0 Å². The van der Waals surface area contributed by atoms with Crippen molar-refractivity contribution in [3.8, 4) is 0 Å². The standard InChI is InChI=1S/C20H35NO/c1-5-6-7-8-9-10-11-12-13-14-17-21(20(2,3)4)19(22)18-15-16-18/h9-10,13-14,18H,5-8,11-12,15-17H2,1-4H3/b10-9-,14-13-. The fraction of sp³-hybridized carbons (Fsp3) is 0.750. The highest BCUT2D eigenvalue weighted by Gasteiger charge is 2.36. The van der Waals surface area contributed by atoms with Crippen molar-refractivity contribution in [1.29, 1.82) is 0 Å². The molecule has 0 bridgehead atoms. The SMILES string of the molecule is CCCCC/C=C\CC/C=C\CN(C(=O)C1CC1)C(C)(C)C. The third-order valence-corrected chi connectivity index (χ3v) is 4.10. The molecule has 1 aliphatic rings. The van der Waals surface area contributed by atoms with Crippen LogP contribution in [0.3, 0.4) is 0 Å². The second-order valence-corrected chi connectivity index (χ2v) is 7.41. The Morgan fingerprint density at radius 3 is 2.14 bits per heavy atom. The van der Waals surface area contributed by atoms with Crippen molar-refractivity contribution < 1.29 is 4.79 Å². The molecule has 0 aromatic carbocycles. The van der Waals surface area contributed by atoms with Gasteiger partial charge in [0.15, 0.2) is 0 Å². The summed E-state index contributed by atoms with van der Waals surface area (Å²) in [6.45, 7) is 9.36. The summed E-state index contributed by atoms with van der Waals surface area (Å²) in [5, 5.41) is 0. The minimum atomic E-state index is -0.0802. The summed E-state index contributed by atoms with van der Waals surface area (Å²) < 4.78 is 0. The normalized spacial score (nSPS) is 15.8. The Hall–Kier alpha value is -1.05. The van der Waals surface area contributed by atoms with Crippen LogP contribution in [0.5, 0.6) is 0 Å². The predicted molar refractivity (Wildman–Crippen MR) is 95.8 cm³/mol. The summed E-state index contributed by atoms with van der Waals surface area (Å²) in [6, 6.07) is 0. The number of hydrogen-bond acceptors (Lipinski definition) is 1. The Balaban J connectivity index is 2.22. The van der Waals surface area contributed by atoms with Crippen LogP contribution < -0.4 is 0 Å². The van der Waals surface area contributed by atoms with E-state index in [2.05, 4.69) is 52.0 Å². The first-order chi connectivity index (χ1) is 10.5. The van der Waals surface area contributed by atoms with Gasteiger partial charge < -0.3 is 4.90 Å². The highest BCUT2D eigenvalue weighted by molar-refractivity contribution is 5.81. The Labute approximate surface area is 137 Å². The number of allylic oxidation sites excluding steroid dienone is 3. The van der Waals surface area contributed by atoms with E-state index in [1.165, 1.54) is 25.7 Å². The van der Waals surface area contributed by atoms with Gasteiger partial charge in [0.25, 0.3) is 0 Å². The van der Waals surface area contributed by atoms with Gasteiger partial charge in [0, 0.05) is 18.0 Å². The van der Waals surface area contributed by atoms with Crippen LogP contribution in [-0.2, 0) is 4.79 Å². The third kappa shape index (κ3) is 7.82. The van der Waals surface area contributed by atoms with Crippen molar-refractivity contribution in [3.05, 3.63) is 24.3 Å². The summed E-state index contributed by atoms with van der Waals surface area (Å²) >= 11 is 0. The first kappa shape index (κ1) is 19.0. The molecule has 0 heterocycles. The van der Waals surface area contributed by atoms with Crippen LogP contribution in [0.1, 0.15) is 79.1 Å². The molecule has 0 aromatic rings. The minimum absolute atomic E-state index is 0.0802. The lowest BCUT2D eigenvalue weighted by molar-refractivity contribution is -0.136. The van der Waals surface area contributed by atoms with Gasteiger partial charge in [-0.3, -0.25) is 4.79 Å². The molecule has 2 nitrogen and oxygen atoms in total. The van der Waals surface area contributed by atoms with Crippen LogP contribution in [0, 0.1) is 5.92 Å². The van der Waals surface area contributed by atoms with E-state index in [0.29, 0.717) is 11.8 Å². The summed E-state index contributed by atoms with van der Waals surface area (Å²) in [4.78, 5) is 14.4. The van der Waals surface area contributed by atoms with E-state index in [9.17, 15) is 4.79 Å². The van der Waals surface area contributed by atoms with E-state index >= 15 is 0 Å². The summed E-state index contributed by atoms with van der Waals surface area (Å²) in [5.41, 5.74) is -0.0802. The molecule has 126 valence electrons. The maximum Gasteiger partial charge on any atom is 0.226 e. The van der Waals surface area contributed by atoms with Crippen LogP contribution in [0.15, 0.2) is 24.3 Å². The molecule has 0 aromatic heterocycles. The number of rotatable bonds is 10. The Morgan fingerprint density at radius 2 is 1.59 bits per heavy atom. The van der Waals surface area contributed by atoms with E-state index in [1.54, 1.807) is 0 Å². The van der Waals surface area contributed by atoms with Crippen LogP contribution >= 0.6 is 0 Å². The lowest BCUT2D eigenvalue weighted by atomic mass is 10.0. The smallest absolute Gasteiger partial charge is 0.226 e. The molecule has 1 amide bonds. The largest absolute Gasteiger partial charge is 0.334 e. The van der Waals surface area contributed by atoms with Crippen molar-refractivity contribution >= 4 is 5.91 Å². The second-order valence-electron chi connectivity index (χ2n) is 7.41. The Kier molecular flexibility index (Phi) is 8.52. The summed E-state index contributed by atoms with van der Waals surface area (Å²) in [7, 11) is 0. The maximum absolute atomic E-state index is 12.3. The fourth-order valence-electron chi connectivity index (χ4n) is 2.48. The van der Waals surface area contributed by atoms with E-state index < -0.39 is 0 Å². The molecule has 1 fully saturated rings. The van der Waals surface area contributed by atoms with Crippen LogP contribution in [0.2, 0.25) is 0 Å². The van der Waals surface area contributed by atoms with Crippen molar-refractivity contribution in [1.82, 2.24) is 4.90 Å². The number of hydrogen-bond donors (Lipinski definition) is 0. The zero-order chi connectivity index (χ0) is 16.4. The average Bonchev–Trinajstić information content (AvgIpc) is 3.27. The number of nitrogens with zero attached hydrogens (tertiary/aromatic N) is 1. The maximum atomic E-state index is 12.3. The minimum Gasteiger partial charge on any atom is -0.334 e. The summed E-state index contributed by atoms with van der Waals surface area (Å²) in [5.74, 6) is 0.645. The van der Waals surface area contributed by atoms with Crippen molar-refractivity contribution in [3.63, 3.8) is 0 Å². The van der Waals surface area contributed by atoms with Crippen molar-refractivity contribution in [2.24, 2.45) is 5.92 Å². The molecule has 2 heteroatoms. The van der Waals surface area contributed by atoms with Gasteiger partial charge in [0.05, 0.1) is 0 Å². The molecule has 0 atom stereocenters. The molecule has 1 rings (SSSR count). The molecule has 0 N–H and O–H groups in total. The van der Waals surface area contributed by atoms with Crippen molar-refractivity contribution in [2.75, 3.05) is 6.54 Å². The second kappa shape index (κ2) is 9.86. The molecule has 1 saturated carbocycles. The third-order valence-electron chi connectivity index (χ3n) is 4.10. The van der Waals surface area contributed by atoms with Gasteiger partial charge in [-0.2, -0.15) is 0 Å². The number of amides is 1. The van der Waals surface area contributed by atoms with Gasteiger partial charge in [-0.05, 0) is 59.3 Å². The molecular formula is C20H35NO. The molecule has 22 heavy (non-hydrogen) atoms. The molecular weight excluding hydrogens is 270 g/mol. The molecule has 1 aliphatic carbocycles. The lowest BCUT2D eigenvalue weighted by Crippen LogP contribution is -2.46. The van der Waals surface area contributed by atoms with Gasteiger partial charge >= 0.3 is 0 Å². The first-order valence-corrected chi connectivity index (χ1v) is 9.08. The van der Waals surface area contributed by atoms with Gasteiger partial charge in [-0.15, -0.1) is 0 Å². The van der Waals surface area contributed by atoms with E-state index in [-0.39, 0.29) is 5.54 Å². The molecule has 0 unspecified atom stereocenters. The number of unbranched alkanes of at least 4 members (excludes halogenated alkanes) is 4. The summed E-state index contributed by atoms with van der Waals surface area (Å²) in [6.07, 6.45) is 18.5. The van der Waals surface area contributed by atoms with E-state index in [1.807, 2.05) is 4.90 Å². The van der Waals surface area contributed by atoms with Gasteiger partial charge in [-0.25, -0.2) is 0 Å². The molecule has 0 aliphatic heterocycles. The average molecular weight is 306 g/mol. The lowest BCUT2D eigenvalue weighted by Gasteiger charge is -2.35. The number of carbonyl (C=O) groups excluding carboxylic acids is 1. The highest BCUT2D eigenvalue weighted by Crippen LogP contribution is 2.33. The van der Waals surface area contributed by atoms with Crippen LogP contribution in [-0.4, -0.2) is 22.9 Å². The monoisotopic (exact) mass is 305 g/mol.